The summed E-state index contributed by atoms with van der Waals surface area (Å²) in [6.07, 6.45) is 9.28. The van der Waals surface area contributed by atoms with Crippen LogP contribution >= 0.6 is 84.7 Å². The fourth-order valence-corrected chi connectivity index (χ4v) is 18.9. The van der Waals surface area contributed by atoms with Gasteiger partial charge in [0.1, 0.15) is 48.1 Å². The Labute approximate surface area is 808 Å². The van der Waals surface area contributed by atoms with E-state index in [4.69, 9.17) is 82.5 Å². The summed E-state index contributed by atoms with van der Waals surface area (Å²) in [5, 5.41) is 24.6. The lowest BCUT2D eigenvalue weighted by Crippen LogP contribution is -2.41. The second kappa shape index (κ2) is 39.8. The summed E-state index contributed by atoms with van der Waals surface area (Å²) in [4.78, 5) is 66.3. The number of aromatic amines is 2. The molecule has 0 radical (unpaired) electrons. The molecule has 0 saturated carbocycles. The van der Waals surface area contributed by atoms with Gasteiger partial charge in [-0.25, -0.2) is 29.9 Å². The molecule has 31 heteroatoms. The number of fused-ring (bicyclic) bond motifs is 6. The molecule has 1 aliphatic rings. The van der Waals surface area contributed by atoms with E-state index in [-0.39, 0.29) is 63.5 Å². The number of halogens is 4. The maximum Gasteiger partial charge on any atom is 0.496 e. The van der Waals surface area contributed by atoms with E-state index in [2.05, 4.69) is 99.5 Å². The SMILES string of the molecule is C.CC1(C)OB(c2cnc3[nH]ncc3c2)OC1(C)C.Cc1cc2nc(-c3cnc4[nH]ncc4c3)sc2c(-c2ccc(Cl)cc2)c1[C@@H](COC(=O)C(C)(C)C)OC(C)(C)C.Cc1cc2nc(-c3cnc4c(cnn4C)c3)sc2c(-c2ccc(Cl)cc2)c1[C@@H](COC(=O)C(C)(C)C)OC(C)(C)C.Cc1cc2nc(Br)sc2c(-c2ccc(Cl)cc2)c1[C@@H](COC(=O)C(C)(C)C)OC(C)(C)C. The van der Waals surface area contributed by atoms with Crippen molar-refractivity contribution >= 4 is 179 Å². The van der Waals surface area contributed by atoms with Gasteiger partial charge in [-0.05, 0) is 312 Å². The average molecular weight is 1970 g/mol. The Kier molecular flexibility index (Phi) is 30.6. The number of carbonyl (C=O) groups excluding carboxylic acids is 3. The maximum atomic E-state index is 12.8. The van der Waals surface area contributed by atoms with Gasteiger partial charge in [0.05, 0.1) is 93.5 Å². The van der Waals surface area contributed by atoms with Crippen LogP contribution in [0, 0.1) is 37.0 Å². The number of aryl methyl sites for hydroxylation is 4. The van der Waals surface area contributed by atoms with Crippen molar-refractivity contribution in [3.05, 3.63) is 199 Å². The third-order valence-electron chi connectivity index (χ3n) is 21.7. The number of ether oxygens (including phenoxy) is 6. The lowest BCUT2D eigenvalue weighted by molar-refractivity contribution is -0.162. The number of esters is 3. The Bertz CT molecular complexity index is 6690. The molecule has 0 unspecified atom stereocenters. The fraction of sp³-hybridized carbons (Fsp3) is 0.406. The predicted octanol–water partition coefficient (Wildman–Crippen LogP) is 26.7. The standard InChI is InChI=1S/C32H35ClN4O3S.C31H33ClN4O3S.C25H29BrClNO3S.C12H16BN3O2.CH4/c1-18-13-23-27(41-29(36-23)21-14-20-16-35-37(8)28(20)34-15-21)26(19-9-11-22(33)12-10-19)25(18)24(40-32(5,6)7)17-39-30(38)31(2,3)4;1-17-12-22-26(40-28(35-22)20-13-19-15-34-36-27(19)33-14-20)25(18-8-10-21(32)11-9-18)24(17)23(39-31(5,6)7)16-38-29(37)30(2,3)4;1-14-12-17-21(32-23(26)28-17)20(15-8-10-16(27)11-9-15)19(14)18(31-25(5,6)7)13-30-22(29)24(2,3)4;1-11(2)12(3,4)18-13(17-11)9-5-8-6-15-16-10(8)14-7-9;/h9-16,24H,17H2,1-8H3;8-15,23H,16H2,1-7H3,(H,33,34,36);8-12,18H,13H2,1-7H3;5-7H,1-4H3,(H,14,15,16);1H4/t24-;23-;18-;;/m111../s1. The number of carbonyl (C=O) groups is 3. The van der Waals surface area contributed by atoms with Crippen LogP contribution in [-0.2, 0) is 59.2 Å². The average Bonchev–Trinajstić information content (AvgIpc) is 1.54. The highest BCUT2D eigenvalue weighted by atomic mass is 79.9. The zero-order chi connectivity index (χ0) is 95.3. The Morgan fingerprint density at radius 3 is 1.14 bits per heavy atom. The first kappa shape index (κ1) is 101. The number of rotatable bonds is 18. The van der Waals surface area contributed by atoms with Gasteiger partial charge >= 0.3 is 25.0 Å². The molecule has 0 amide bonds. The first-order valence-corrected chi connectivity index (χ1v) is 47.6. The van der Waals surface area contributed by atoms with Gasteiger partial charge in [0.2, 0.25) is 0 Å². The molecule has 132 heavy (non-hydrogen) atoms. The minimum absolute atomic E-state index is 0. The lowest BCUT2D eigenvalue weighted by atomic mass is 9.80. The number of H-pyrrole nitrogens is 2. The highest BCUT2D eigenvalue weighted by Gasteiger charge is 2.52. The van der Waals surface area contributed by atoms with Crippen molar-refractivity contribution in [1.29, 1.82) is 0 Å². The molecule has 2 N–H and O–H groups in total. The summed E-state index contributed by atoms with van der Waals surface area (Å²) in [5.41, 5.74) is 15.8. The minimum atomic E-state index is -0.625. The van der Waals surface area contributed by atoms with E-state index in [1.165, 1.54) is 0 Å². The van der Waals surface area contributed by atoms with E-state index in [1.807, 2.05) is 270 Å². The molecule has 15 aromatic rings. The van der Waals surface area contributed by atoms with Crippen LogP contribution in [0.2, 0.25) is 15.1 Å². The molecule has 0 aliphatic carbocycles. The van der Waals surface area contributed by atoms with Gasteiger partial charge < -0.3 is 37.7 Å². The number of aromatic nitrogens is 12. The summed E-state index contributed by atoms with van der Waals surface area (Å²) >= 11 is 27.1. The largest absolute Gasteiger partial charge is 0.496 e. The van der Waals surface area contributed by atoms with Crippen molar-refractivity contribution < 1.29 is 52.1 Å². The van der Waals surface area contributed by atoms with Gasteiger partial charge in [0.15, 0.2) is 20.9 Å². The highest BCUT2D eigenvalue weighted by Crippen LogP contribution is 2.50. The van der Waals surface area contributed by atoms with Crippen molar-refractivity contribution in [3.8, 4) is 54.5 Å². The molecule has 1 aliphatic heterocycles. The third kappa shape index (κ3) is 24.0. The monoisotopic (exact) mass is 1960 g/mol. The normalized spacial score (nSPS) is 14.3. The van der Waals surface area contributed by atoms with Crippen molar-refractivity contribution in [2.75, 3.05) is 19.8 Å². The molecule has 1 fully saturated rings. The van der Waals surface area contributed by atoms with Gasteiger partial charge in [-0.2, -0.15) is 15.3 Å². The highest BCUT2D eigenvalue weighted by molar-refractivity contribution is 9.11. The van der Waals surface area contributed by atoms with Gasteiger partial charge in [-0.3, -0.25) is 29.3 Å². The molecule has 9 aromatic heterocycles. The molecule has 696 valence electrons. The molecular formula is C101H117BBrCl3N12O11S3. The van der Waals surface area contributed by atoms with Crippen LogP contribution < -0.4 is 5.46 Å². The number of pyridine rings is 3. The Morgan fingerprint density at radius 2 is 0.780 bits per heavy atom. The Morgan fingerprint density at radius 1 is 0.447 bits per heavy atom. The van der Waals surface area contributed by atoms with Crippen molar-refractivity contribution in [2.45, 2.75) is 227 Å². The lowest BCUT2D eigenvalue weighted by Gasteiger charge is -2.32. The molecule has 10 heterocycles. The van der Waals surface area contributed by atoms with Crippen LogP contribution in [0.1, 0.15) is 211 Å². The van der Waals surface area contributed by atoms with Crippen LogP contribution in [0.5, 0.6) is 0 Å². The van der Waals surface area contributed by atoms with E-state index in [1.54, 1.807) is 57.3 Å². The predicted molar refractivity (Wildman–Crippen MR) is 541 cm³/mol. The summed E-state index contributed by atoms with van der Waals surface area (Å²) in [5.74, 6) is -0.804. The molecule has 3 atom stereocenters. The number of hydrogen-bond donors (Lipinski definition) is 2. The molecular weight excluding hydrogens is 1850 g/mol. The van der Waals surface area contributed by atoms with Crippen LogP contribution in [0.25, 0.3) is 118 Å². The number of hydrogen-bond acceptors (Lipinski definition) is 23. The molecule has 0 spiro atoms. The van der Waals surface area contributed by atoms with Crippen LogP contribution in [0.3, 0.4) is 0 Å². The van der Waals surface area contributed by atoms with Crippen LogP contribution in [0.4, 0.5) is 0 Å². The quantitative estimate of drug-likeness (QED) is 0.0459. The zero-order valence-corrected chi connectivity index (χ0v) is 85.3. The Balaban J connectivity index is 0.000000164. The molecule has 23 nitrogen and oxygen atoms in total. The number of thiazole rings is 3. The second-order valence-corrected chi connectivity index (χ2v) is 45.4. The topological polar surface area (TPSA) is 278 Å². The number of benzene rings is 6. The smallest absolute Gasteiger partial charge is 0.462 e. The van der Waals surface area contributed by atoms with Crippen molar-refractivity contribution in [1.82, 2.24) is 60.1 Å². The van der Waals surface area contributed by atoms with E-state index >= 15 is 0 Å². The molecule has 0 bridgehead atoms. The zero-order valence-electron chi connectivity index (χ0n) is 79.0. The first-order chi connectivity index (χ1) is 61.2. The summed E-state index contributed by atoms with van der Waals surface area (Å²) in [7, 11) is 1.51. The van der Waals surface area contributed by atoms with E-state index in [0.29, 0.717) is 15.1 Å². The van der Waals surface area contributed by atoms with Gasteiger partial charge in [-0.15, -0.1) is 34.0 Å². The molecule has 6 aromatic carbocycles. The number of nitrogens with one attached hydrogen (secondary N) is 2. The number of nitrogens with zero attached hydrogens (tertiary/aromatic N) is 10. The fourth-order valence-electron chi connectivity index (χ4n) is 14.8. The Hall–Kier alpha value is -9.53. The van der Waals surface area contributed by atoms with Gasteiger partial charge in [-0.1, -0.05) is 78.6 Å². The van der Waals surface area contributed by atoms with Gasteiger partial charge in [0, 0.05) is 90.1 Å². The van der Waals surface area contributed by atoms with E-state index in [9.17, 15) is 14.4 Å². The minimum Gasteiger partial charge on any atom is -0.462 e. The van der Waals surface area contributed by atoms with E-state index in [0.717, 1.165) is 161 Å². The maximum absolute atomic E-state index is 12.8. The first-order valence-electron chi connectivity index (χ1n) is 43.2. The van der Waals surface area contributed by atoms with Crippen molar-refractivity contribution in [3.63, 3.8) is 0 Å². The van der Waals surface area contributed by atoms with Gasteiger partial charge in [0.25, 0.3) is 0 Å². The van der Waals surface area contributed by atoms with Crippen LogP contribution in [-0.4, -0.2) is 133 Å². The molecule has 1 saturated heterocycles. The van der Waals surface area contributed by atoms with Crippen LogP contribution in [0.15, 0.2) is 150 Å². The van der Waals surface area contributed by atoms with E-state index < -0.39 is 51.4 Å². The summed E-state index contributed by atoms with van der Waals surface area (Å²) in [6.45, 7) is 49.3. The summed E-state index contributed by atoms with van der Waals surface area (Å²) in [6, 6.07) is 35.7. The molecule has 16 rings (SSSR count). The third-order valence-corrected chi connectivity index (χ3v) is 26.3. The van der Waals surface area contributed by atoms with Crippen molar-refractivity contribution in [2.24, 2.45) is 23.3 Å². The summed E-state index contributed by atoms with van der Waals surface area (Å²) < 4.78 is 54.7. The second-order valence-electron chi connectivity index (χ2n) is 39.8.